The summed E-state index contributed by atoms with van der Waals surface area (Å²) < 4.78 is 0. The molecule has 0 saturated carbocycles. The van der Waals surface area contributed by atoms with E-state index in [4.69, 9.17) is 15.3 Å². The summed E-state index contributed by atoms with van der Waals surface area (Å²) >= 11 is 0. The highest BCUT2D eigenvalue weighted by atomic mass is 16.3. The fourth-order valence-electron chi connectivity index (χ4n) is 1.54. The van der Waals surface area contributed by atoms with Gasteiger partial charge in [0, 0.05) is 11.8 Å². The molecule has 1 aromatic heterocycles. The highest BCUT2D eigenvalue weighted by Gasteiger charge is 2.29. The number of aromatic nitrogens is 2. The first-order chi connectivity index (χ1) is 9.87. The van der Waals surface area contributed by atoms with E-state index < -0.39 is 42.5 Å². The van der Waals surface area contributed by atoms with Crippen LogP contribution >= 0.6 is 0 Å². The molecule has 116 valence electrons. The Balaban J connectivity index is 2.94. The molecular formula is C12H17N3O6. The molecule has 0 bridgehead atoms. The Morgan fingerprint density at radius 1 is 1.19 bits per heavy atom. The lowest BCUT2D eigenvalue weighted by atomic mass is 10.0. The van der Waals surface area contributed by atoms with Crippen molar-refractivity contribution in [1.29, 1.82) is 0 Å². The molecule has 9 nitrogen and oxygen atoms in total. The lowest BCUT2D eigenvalue weighted by molar-refractivity contribution is -0.120. The molecule has 0 atom stereocenters. The van der Waals surface area contributed by atoms with Crippen LogP contribution in [-0.2, 0) is 4.79 Å². The summed E-state index contributed by atoms with van der Waals surface area (Å²) in [7, 11) is 0. The molecule has 1 aromatic rings. The van der Waals surface area contributed by atoms with Crippen LogP contribution < -0.4 is 16.6 Å². The molecule has 0 fully saturated rings. The van der Waals surface area contributed by atoms with E-state index in [0.29, 0.717) is 0 Å². The molecule has 0 spiro atoms. The van der Waals surface area contributed by atoms with Crippen LogP contribution in [0.3, 0.4) is 0 Å². The minimum atomic E-state index is -1.55. The molecule has 0 aromatic carbocycles. The summed E-state index contributed by atoms with van der Waals surface area (Å²) in [6.07, 6.45) is 2.17. The van der Waals surface area contributed by atoms with Crippen molar-refractivity contribution in [3.05, 3.63) is 38.2 Å². The van der Waals surface area contributed by atoms with Crippen LogP contribution in [0.4, 0.5) is 0 Å². The third-order valence-electron chi connectivity index (χ3n) is 2.87. The Kier molecular flexibility index (Phi) is 5.59. The van der Waals surface area contributed by atoms with Crippen LogP contribution in [0.1, 0.15) is 11.3 Å². The Hall–Kier alpha value is -2.23. The third-order valence-corrected chi connectivity index (χ3v) is 2.87. The molecule has 9 heteroatoms. The second-order valence-corrected chi connectivity index (χ2v) is 4.52. The summed E-state index contributed by atoms with van der Waals surface area (Å²) in [5, 5.41) is 29.5. The van der Waals surface area contributed by atoms with Crippen molar-refractivity contribution >= 4 is 12.0 Å². The second kappa shape index (κ2) is 6.97. The number of carbonyl (C=O) groups is 1. The van der Waals surface area contributed by atoms with E-state index in [1.165, 1.54) is 13.0 Å². The first-order valence-electron chi connectivity index (χ1n) is 6.03. The molecule has 0 aliphatic heterocycles. The molecule has 0 radical (unpaired) electrons. The fourth-order valence-corrected chi connectivity index (χ4v) is 1.54. The van der Waals surface area contributed by atoms with Crippen molar-refractivity contribution in [3.8, 4) is 0 Å². The van der Waals surface area contributed by atoms with Crippen LogP contribution in [-0.4, -0.2) is 56.6 Å². The van der Waals surface area contributed by atoms with E-state index in [1.807, 2.05) is 4.98 Å². The molecule has 0 saturated heterocycles. The predicted molar refractivity (Wildman–Crippen MR) is 73.6 cm³/mol. The van der Waals surface area contributed by atoms with Crippen molar-refractivity contribution < 1.29 is 20.1 Å². The predicted octanol–water partition coefficient (Wildman–Crippen LogP) is -2.78. The molecule has 0 unspecified atom stereocenters. The van der Waals surface area contributed by atoms with Gasteiger partial charge in [-0.25, -0.2) is 4.79 Å². The van der Waals surface area contributed by atoms with Crippen molar-refractivity contribution in [1.82, 2.24) is 15.3 Å². The average molecular weight is 299 g/mol. The number of rotatable bonds is 6. The zero-order valence-corrected chi connectivity index (χ0v) is 11.3. The van der Waals surface area contributed by atoms with Gasteiger partial charge in [0.05, 0.1) is 25.4 Å². The van der Waals surface area contributed by atoms with E-state index in [2.05, 4.69) is 10.3 Å². The maximum absolute atomic E-state index is 11.7. The molecular weight excluding hydrogens is 282 g/mol. The quantitative estimate of drug-likeness (QED) is 0.312. The van der Waals surface area contributed by atoms with Crippen LogP contribution in [0.15, 0.2) is 15.7 Å². The van der Waals surface area contributed by atoms with Gasteiger partial charge in [-0.3, -0.25) is 14.6 Å². The molecule has 21 heavy (non-hydrogen) atoms. The number of hydrogen-bond acceptors (Lipinski definition) is 6. The summed E-state index contributed by atoms with van der Waals surface area (Å²) in [6.45, 7) is -0.471. The lowest BCUT2D eigenvalue weighted by Gasteiger charge is -2.27. The molecule has 1 rings (SSSR count). The second-order valence-electron chi connectivity index (χ2n) is 4.52. The highest BCUT2D eigenvalue weighted by molar-refractivity contribution is 5.92. The zero-order chi connectivity index (χ0) is 16.0. The Bertz CT molecular complexity index is 633. The summed E-state index contributed by atoms with van der Waals surface area (Å²) in [5.74, 6) is -0.725. The van der Waals surface area contributed by atoms with Crippen molar-refractivity contribution in [2.45, 2.75) is 12.5 Å². The number of aliphatic hydroxyl groups excluding tert-OH is 3. The number of nitrogens with one attached hydrogen (secondary N) is 3. The molecule has 1 heterocycles. The van der Waals surface area contributed by atoms with Crippen LogP contribution in [0.25, 0.3) is 6.08 Å². The van der Waals surface area contributed by atoms with Gasteiger partial charge in [-0.1, -0.05) is 0 Å². The molecule has 1 amide bonds. The monoisotopic (exact) mass is 299 g/mol. The standard InChI is InChI=1S/C12H17N3O6/c1-7-8(10(20)14-11(21)13-7)2-3-9(19)15-12(4-16,5-17)6-18/h2-3,16-18H,4-6H2,1H3,(H,15,19)(H2,13,14,20,21)/b3-2+. The number of carbonyl (C=O) groups excluding carboxylic acids is 1. The molecule has 0 aliphatic rings. The minimum absolute atomic E-state index is 0.0901. The van der Waals surface area contributed by atoms with Crippen LogP contribution in [0, 0.1) is 6.92 Å². The topological polar surface area (TPSA) is 156 Å². The SMILES string of the molecule is Cc1[nH]c(=O)[nH]c(=O)c1/C=C/C(=O)NC(CO)(CO)CO. The molecule has 6 N–H and O–H groups in total. The van der Waals surface area contributed by atoms with Gasteiger partial charge in [0.15, 0.2) is 0 Å². The summed E-state index contributed by atoms with van der Waals surface area (Å²) in [6, 6.07) is 0. The third kappa shape index (κ3) is 4.12. The van der Waals surface area contributed by atoms with Crippen molar-refractivity contribution in [2.75, 3.05) is 19.8 Å². The van der Waals surface area contributed by atoms with E-state index >= 15 is 0 Å². The van der Waals surface area contributed by atoms with Gasteiger partial charge in [-0.15, -0.1) is 0 Å². The first-order valence-corrected chi connectivity index (χ1v) is 6.03. The van der Waals surface area contributed by atoms with E-state index in [1.54, 1.807) is 0 Å². The van der Waals surface area contributed by atoms with Gasteiger partial charge < -0.3 is 25.6 Å². The van der Waals surface area contributed by atoms with Gasteiger partial charge in [-0.05, 0) is 13.0 Å². The number of amides is 1. The maximum Gasteiger partial charge on any atom is 0.325 e. The normalized spacial score (nSPS) is 11.8. The maximum atomic E-state index is 11.7. The van der Waals surface area contributed by atoms with Crippen LogP contribution in [0.2, 0.25) is 0 Å². The Morgan fingerprint density at radius 2 is 1.76 bits per heavy atom. The number of aromatic amines is 2. The number of aliphatic hydroxyl groups is 3. The van der Waals surface area contributed by atoms with Gasteiger partial charge in [0.1, 0.15) is 5.54 Å². The van der Waals surface area contributed by atoms with Crippen molar-refractivity contribution in [2.24, 2.45) is 0 Å². The van der Waals surface area contributed by atoms with Crippen LogP contribution in [0.5, 0.6) is 0 Å². The highest BCUT2D eigenvalue weighted by Crippen LogP contribution is 2.03. The lowest BCUT2D eigenvalue weighted by Crippen LogP contribution is -2.56. The largest absolute Gasteiger partial charge is 0.394 e. The fraction of sp³-hybridized carbons (Fsp3) is 0.417. The van der Waals surface area contributed by atoms with Gasteiger partial charge in [0.2, 0.25) is 5.91 Å². The van der Waals surface area contributed by atoms with E-state index in [9.17, 15) is 14.4 Å². The smallest absolute Gasteiger partial charge is 0.325 e. The Labute approximate surface area is 119 Å². The number of H-pyrrole nitrogens is 2. The average Bonchev–Trinajstić information content (AvgIpc) is 2.43. The molecule has 0 aliphatic carbocycles. The Morgan fingerprint density at radius 3 is 2.24 bits per heavy atom. The number of aryl methyl sites for hydroxylation is 1. The zero-order valence-electron chi connectivity index (χ0n) is 11.3. The summed E-state index contributed by atoms with van der Waals surface area (Å²) in [4.78, 5) is 38.6. The summed E-state index contributed by atoms with van der Waals surface area (Å²) in [5.41, 5.74) is -2.48. The van der Waals surface area contributed by atoms with Crippen molar-refractivity contribution in [3.63, 3.8) is 0 Å². The number of hydrogen-bond donors (Lipinski definition) is 6. The van der Waals surface area contributed by atoms with Gasteiger partial charge >= 0.3 is 5.69 Å². The van der Waals surface area contributed by atoms with E-state index in [0.717, 1.165) is 6.08 Å². The van der Waals surface area contributed by atoms with E-state index in [-0.39, 0.29) is 11.3 Å². The first kappa shape index (κ1) is 16.8. The minimum Gasteiger partial charge on any atom is -0.394 e. The van der Waals surface area contributed by atoms with Gasteiger partial charge in [-0.2, -0.15) is 0 Å². The van der Waals surface area contributed by atoms with Gasteiger partial charge in [0.25, 0.3) is 5.56 Å².